The Labute approximate surface area is 175 Å². The van der Waals surface area contributed by atoms with Crippen molar-refractivity contribution >= 4 is 17.4 Å². The molecular weight excluding hydrogens is 386 g/mol. The number of nitrogens with one attached hydrogen (secondary N) is 1. The summed E-state index contributed by atoms with van der Waals surface area (Å²) >= 11 is 0. The van der Waals surface area contributed by atoms with Gasteiger partial charge in [-0.1, -0.05) is 12.1 Å². The highest BCUT2D eigenvalue weighted by atomic mass is 16.5. The number of carbonyl (C=O) groups excluding carboxylic acids is 2. The van der Waals surface area contributed by atoms with Gasteiger partial charge in [0.05, 0.1) is 34.1 Å². The molecule has 0 heterocycles. The van der Waals surface area contributed by atoms with Gasteiger partial charge in [-0.25, -0.2) is 0 Å². The predicted molar refractivity (Wildman–Crippen MR) is 112 cm³/mol. The normalized spacial score (nSPS) is 18.3. The van der Waals surface area contributed by atoms with Gasteiger partial charge in [0.2, 0.25) is 0 Å². The Morgan fingerprint density at radius 3 is 2.20 bits per heavy atom. The van der Waals surface area contributed by atoms with Crippen LogP contribution >= 0.6 is 0 Å². The minimum absolute atomic E-state index is 0.307. The van der Waals surface area contributed by atoms with E-state index in [2.05, 4.69) is 5.32 Å². The molecule has 2 aromatic rings. The van der Waals surface area contributed by atoms with Gasteiger partial charge in [0.15, 0.2) is 5.78 Å². The van der Waals surface area contributed by atoms with Crippen LogP contribution < -0.4 is 19.5 Å². The molecule has 1 aliphatic rings. The van der Waals surface area contributed by atoms with Gasteiger partial charge in [-0.2, -0.15) is 0 Å². The number of hydrogen-bond donors (Lipinski definition) is 1. The topological polar surface area (TPSA) is 83.1 Å². The molecule has 2 aromatic carbocycles. The lowest BCUT2D eigenvalue weighted by atomic mass is 9.76. The molecule has 0 saturated carbocycles. The van der Waals surface area contributed by atoms with E-state index in [9.17, 15) is 9.59 Å². The van der Waals surface area contributed by atoms with E-state index in [1.54, 1.807) is 39.5 Å². The average molecular weight is 411 g/mol. The van der Waals surface area contributed by atoms with Crippen molar-refractivity contribution in [3.63, 3.8) is 0 Å². The molecule has 1 aliphatic carbocycles. The summed E-state index contributed by atoms with van der Waals surface area (Å²) in [4.78, 5) is 25.3. The number of methoxy groups -OCH3 is 4. The molecule has 0 saturated heterocycles. The highest BCUT2D eigenvalue weighted by molar-refractivity contribution is 6.07. The van der Waals surface area contributed by atoms with Gasteiger partial charge in [-0.15, -0.1) is 0 Å². The minimum atomic E-state index is -0.902. The molecule has 7 heteroatoms. The number of esters is 1. The molecule has 0 bridgehead atoms. The molecule has 0 radical (unpaired) electrons. The number of rotatable bonds is 7. The molecular formula is C23H25NO6. The fourth-order valence-corrected chi connectivity index (χ4v) is 3.61. The molecule has 7 nitrogen and oxygen atoms in total. The van der Waals surface area contributed by atoms with Crippen molar-refractivity contribution in [1.29, 1.82) is 0 Å². The van der Waals surface area contributed by atoms with Crippen molar-refractivity contribution in [3.8, 4) is 17.2 Å². The standard InChI is InChI=1S/C23H25NO6/c1-27-16-7-5-14(6-8-16)18-11-15(12-20(25)22(18)23(26)30-4)24-19-13-17(28-2)9-10-21(19)29-3/h5-10,12-13,18,22,24H,11H2,1-4H3/t18-,22+/m0/s1. The van der Waals surface area contributed by atoms with Crippen molar-refractivity contribution in [2.75, 3.05) is 33.8 Å². The first-order chi connectivity index (χ1) is 14.5. The Morgan fingerprint density at radius 2 is 1.60 bits per heavy atom. The summed E-state index contributed by atoms with van der Waals surface area (Å²) in [6, 6.07) is 12.7. The SMILES string of the molecule is COC(=O)[C@H]1C(=O)C=C(Nc2cc(OC)ccc2OC)C[C@H]1c1ccc(OC)cc1. The zero-order valence-corrected chi connectivity index (χ0v) is 17.4. The van der Waals surface area contributed by atoms with Crippen molar-refractivity contribution in [2.45, 2.75) is 12.3 Å². The van der Waals surface area contributed by atoms with Gasteiger partial charge < -0.3 is 24.3 Å². The number of anilines is 1. The van der Waals surface area contributed by atoms with Crippen LogP contribution in [-0.2, 0) is 14.3 Å². The lowest BCUT2D eigenvalue weighted by molar-refractivity contribution is -0.149. The van der Waals surface area contributed by atoms with Gasteiger partial charge in [0.1, 0.15) is 23.2 Å². The molecule has 3 rings (SSSR count). The summed E-state index contributed by atoms with van der Waals surface area (Å²) in [7, 11) is 6.03. The fraction of sp³-hybridized carbons (Fsp3) is 0.304. The monoisotopic (exact) mass is 411 g/mol. The summed E-state index contributed by atoms with van der Waals surface area (Å²) in [5.74, 6) is -0.166. The van der Waals surface area contributed by atoms with Gasteiger partial charge in [0.25, 0.3) is 0 Å². The minimum Gasteiger partial charge on any atom is -0.497 e. The number of allylic oxidation sites excluding steroid dienone is 2. The number of hydrogen-bond acceptors (Lipinski definition) is 7. The molecule has 158 valence electrons. The Morgan fingerprint density at radius 1 is 0.933 bits per heavy atom. The second kappa shape index (κ2) is 9.35. The second-order valence-corrected chi connectivity index (χ2v) is 6.85. The molecule has 1 N–H and O–H groups in total. The van der Waals surface area contributed by atoms with E-state index in [1.165, 1.54) is 13.2 Å². The highest BCUT2D eigenvalue weighted by Crippen LogP contribution is 2.39. The maximum Gasteiger partial charge on any atom is 0.317 e. The Balaban J connectivity index is 1.95. The largest absolute Gasteiger partial charge is 0.497 e. The smallest absolute Gasteiger partial charge is 0.317 e. The third-order valence-corrected chi connectivity index (χ3v) is 5.17. The maximum absolute atomic E-state index is 12.9. The Kier molecular flexibility index (Phi) is 6.61. The van der Waals surface area contributed by atoms with Crippen LogP contribution in [-0.4, -0.2) is 40.2 Å². The van der Waals surface area contributed by atoms with E-state index in [-0.39, 0.29) is 11.7 Å². The molecule has 0 aliphatic heterocycles. The Hall–Kier alpha value is -3.48. The predicted octanol–water partition coefficient (Wildman–Crippen LogP) is 3.55. The van der Waals surface area contributed by atoms with Crippen LogP contribution in [0.3, 0.4) is 0 Å². The van der Waals surface area contributed by atoms with E-state index >= 15 is 0 Å². The lowest BCUT2D eigenvalue weighted by Crippen LogP contribution is -2.34. The van der Waals surface area contributed by atoms with Crippen LogP contribution in [0.4, 0.5) is 5.69 Å². The molecule has 0 spiro atoms. The lowest BCUT2D eigenvalue weighted by Gasteiger charge is -2.29. The van der Waals surface area contributed by atoms with E-state index in [0.29, 0.717) is 35.1 Å². The average Bonchev–Trinajstić information content (AvgIpc) is 2.78. The van der Waals surface area contributed by atoms with Gasteiger partial charge in [0, 0.05) is 23.8 Å². The van der Waals surface area contributed by atoms with Crippen molar-refractivity contribution in [1.82, 2.24) is 0 Å². The maximum atomic E-state index is 12.9. The first-order valence-electron chi connectivity index (χ1n) is 9.46. The third-order valence-electron chi connectivity index (χ3n) is 5.17. The van der Waals surface area contributed by atoms with Crippen LogP contribution in [0.1, 0.15) is 17.9 Å². The van der Waals surface area contributed by atoms with Crippen LogP contribution in [0.15, 0.2) is 54.2 Å². The zero-order valence-electron chi connectivity index (χ0n) is 17.4. The van der Waals surface area contributed by atoms with Crippen molar-refractivity contribution in [2.24, 2.45) is 5.92 Å². The molecule has 0 unspecified atom stereocenters. The van der Waals surface area contributed by atoms with Crippen molar-refractivity contribution in [3.05, 3.63) is 59.8 Å². The zero-order chi connectivity index (χ0) is 21.7. The molecule has 30 heavy (non-hydrogen) atoms. The fourth-order valence-electron chi connectivity index (χ4n) is 3.61. The van der Waals surface area contributed by atoms with Crippen LogP contribution in [0.2, 0.25) is 0 Å². The van der Waals surface area contributed by atoms with Crippen LogP contribution in [0, 0.1) is 5.92 Å². The number of ketones is 1. The summed E-state index contributed by atoms with van der Waals surface area (Å²) < 4.78 is 20.8. The quantitative estimate of drug-likeness (QED) is 0.551. The third kappa shape index (κ3) is 4.40. The summed E-state index contributed by atoms with van der Waals surface area (Å²) in [6.07, 6.45) is 1.90. The summed E-state index contributed by atoms with van der Waals surface area (Å²) in [5.41, 5.74) is 2.19. The van der Waals surface area contributed by atoms with Gasteiger partial charge in [-0.3, -0.25) is 9.59 Å². The van der Waals surface area contributed by atoms with Crippen LogP contribution in [0.25, 0.3) is 0 Å². The Bertz CT molecular complexity index is 951. The molecule has 0 amide bonds. The van der Waals surface area contributed by atoms with Gasteiger partial charge in [-0.05, 0) is 36.2 Å². The molecule has 0 fully saturated rings. The van der Waals surface area contributed by atoms with E-state index in [1.807, 2.05) is 24.3 Å². The number of carbonyl (C=O) groups is 2. The van der Waals surface area contributed by atoms with Crippen LogP contribution in [0.5, 0.6) is 17.2 Å². The van der Waals surface area contributed by atoms with E-state index in [0.717, 1.165) is 5.56 Å². The van der Waals surface area contributed by atoms with E-state index in [4.69, 9.17) is 18.9 Å². The second-order valence-electron chi connectivity index (χ2n) is 6.85. The first kappa shape index (κ1) is 21.2. The summed E-state index contributed by atoms with van der Waals surface area (Å²) in [6.45, 7) is 0. The number of benzene rings is 2. The molecule has 2 atom stereocenters. The van der Waals surface area contributed by atoms with Crippen molar-refractivity contribution < 1.29 is 28.5 Å². The summed E-state index contributed by atoms with van der Waals surface area (Å²) in [5, 5.41) is 3.26. The number of ether oxygens (including phenoxy) is 4. The first-order valence-corrected chi connectivity index (χ1v) is 9.46. The van der Waals surface area contributed by atoms with Gasteiger partial charge >= 0.3 is 5.97 Å². The molecule has 0 aromatic heterocycles. The highest BCUT2D eigenvalue weighted by Gasteiger charge is 2.39. The van der Waals surface area contributed by atoms with E-state index < -0.39 is 11.9 Å².